The van der Waals surface area contributed by atoms with Gasteiger partial charge in [0.25, 0.3) is 0 Å². The Bertz CT molecular complexity index is 1270. The number of aromatic nitrogens is 1. The molecule has 0 saturated heterocycles. The lowest BCUT2D eigenvalue weighted by molar-refractivity contribution is 0.179. The number of nitrogens with zero attached hydrogens (tertiary/aromatic N) is 3. The van der Waals surface area contributed by atoms with Crippen LogP contribution >= 0.6 is 0 Å². The van der Waals surface area contributed by atoms with Crippen molar-refractivity contribution in [2.24, 2.45) is 21.7 Å². The van der Waals surface area contributed by atoms with Crippen molar-refractivity contribution < 1.29 is 8.60 Å². The van der Waals surface area contributed by atoms with E-state index < -0.39 is 10.8 Å². The standard InChI is InChI=1S/C34H53FN4OS/c1-23-16-27(11-12-30(23)39-14-9-10-26(13-15-39)22-41(8)40)37-31-17-24(2)32(29(35)21-36-31)38-28-19-33(4,5)18-25(3)34(6,7)20-28/h10,17,21,25,27-28,38H,9,11-16,18-20,22H2,1-8H3. The molecular weight excluding hydrogens is 531 g/mol. The number of aryl methyl sites for hydroxylation is 1. The van der Waals surface area contributed by atoms with E-state index in [0.29, 0.717) is 22.8 Å². The van der Waals surface area contributed by atoms with Crippen molar-refractivity contribution in [2.75, 3.05) is 30.4 Å². The van der Waals surface area contributed by atoms with Crippen LogP contribution in [0.5, 0.6) is 0 Å². The summed E-state index contributed by atoms with van der Waals surface area (Å²) in [6, 6.07) is 2.32. The van der Waals surface area contributed by atoms with Crippen LogP contribution in [0.2, 0.25) is 0 Å². The summed E-state index contributed by atoms with van der Waals surface area (Å²) < 4.78 is 27.1. The maximum absolute atomic E-state index is 15.4. The van der Waals surface area contributed by atoms with Crippen LogP contribution < -0.4 is 10.8 Å². The van der Waals surface area contributed by atoms with E-state index in [9.17, 15) is 4.21 Å². The van der Waals surface area contributed by atoms with E-state index in [1.165, 1.54) is 29.5 Å². The lowest BCUT2D eigenvalue weighted by Gasteiger charge is -2.33. The third-order valence-corrected chi connectivity index (χ3v) is 10.5. The summed E-state index contributed by atoms with van der Waals surface area (Å²) in [7, 11) is -0.782. The summed E-state index contributed by atoms with van der Waals surface area (Å²) in [6.07, 6.45) is 13.5. The van der Waals surface area contributed by atoms with Crippen LogP contribution in [-0.4, -0.2) is 51.3 Å². The fraction of sp³-hybridized carbons (Fsp3) is 0.706. The van der Waals surface area contributed by atoms with Crippen molar-refractivity contribution in [3.8, 4) is 0 Å². The largest absolute Gasteiger partial charge is 0.380 e. The molecule has 1 fully saturated rings. The second kappa shape index (κ2) is 13.1. The minimum Gasteiger partial charge on any atom is -0.380 e. The first kappa shape index (κ1) is 31.9. The second-order valence-electron chi connectivity index (χ2n) is 14.5. The summed E-state index contributed by atoms with van der Waals surface area (Å²) in [6.45, 7) is 18.0. The van der Waals surface area contributed by atoms with Gasteiger partial charge in [0.05, 0.1) is 17.9 Å². The quantitative estimate of drug-likeness (QED) is 0.281. The SMILES string of the molecule is CC1=C(N2CCC=C(CS(C)=O)CC2)CCC(N=c2cc(C)c(NC3CC(C)(C)CC(C)C(C)(C)C3)c(F)cn2)C1. The third-order valence-electron chi connectivity index (χ3n) is 9.77. The monoisotopic (exact) mass is 584 g/mol. The maximum Gasteiger partial charge on any atom is 0.164 e. The van der Waals surface area contributed by atoms with Crippen molar-refractivity contribution in [1.82, 2.24) is 9.88 Å². The Morgan fingerprint density at radius 3 is 2.61 bits per heavy atom. The van der Waals surface area contributed by atoms with Gasteiger partial charge in [-0.1, -0.05) is 51.8 Å². The third kappa shape index (κ3) is 8.52. The molecule has 5 nitrogen and oxygen atoms in total. The molecule has 0 aromatic carbocycles. The smallest absolute Gasteiger partial charge is 0.164 e. The van der Waals surface area contributed by atoms with Crippen LogP contribution in [0, 0.1) is 29.5 Å². The molecule has 4 atom stereocenters. The zero-order valence-corrected chi connectivity index (χ0v) is 27.6. The normalized spacial score (nSPS) is 28.0. The minimum absolute atomic E-state index is 0.153. The molecule has 4 unspecified atom stereocenters. The number of nitrogens with one attached hydrogen (secondary N) is 1. The average Bonchev–Trinajstić information content (AvgIpc) is 3.18. The number of hydrogen-bond donors (Lipinski definition) is 1. The second-order valence-corrected chi connectivity index (χ2v) is 16.0. The molecule has 0 radical (unpaired) electrons. The fourth-order valence-electron chi connectivity index (χ4n) is 7.40. The molecule has 4 rings (SSSR count). The van der Waals surface area contributed by atoms with E-state index in [1.54, 1.807) is 6.26 Å². The average molecular weight is 585 g/mol. The molecule has 2 heterocycles. The topological polar surface area (TPSA) is 57.6 Å². The van der Waals surface area contributed by atoms with Gasteiger partial charge in [0, 0.05) is 47.6 Å². The zero-order valence-electron chi connectivity index (χ0n) is 26.8. The summed E-state index contributed by atoms with van der Waals surface area (Å²) in [5.74, 6) is 1.01. The van der Waals surface area contributed by atoms with Crippen LogP contribution in [0.15, 0.2) is 40.2 Å². The Morgan fingerprint density at radius 1 is 1.15 bits per heavy atom. The summed E-state index contributed by atoms with van der Waals surface area (Å²) in [4.78, 5) is 12.0. The molecule has 3 aliphatic rings. The predicted octanol–water partition coefficient (Wildman–Crippen LogP) is 7.31. The highest BCUT2D eigenvalue weighted by Gasteiger charge is 2.39. The molecule has 0 bridgehead atoms. The van der Waals surface area contributed by atoms with Gasteiger partial charge >= 0.3 is 0 Å². The molecule has 1 saturated carbocycles. The van der Waals surface area contributed by atoms with Gasteiger partial charge in [0.15, 0.2) is 5.82 Å². The molecule has 7 heteroatoms. The minimum atomic E-state index is -0.782. The molecule has 0 spiro atoms. The number of rotatable bonds is 6. The van der Waals surface area contributed by atoms with E-state index in [2.05, 4.69) is 62.8 Å². The Kier molecular flexibility index (Phi) is 10.2. The van der Waals surface area contributed by atoms with Crippen molar-refractivity contribution in [1.29, 1.82) is 0 Å². The lowest BCUT2D eigenvalue weighted by Crippen LogP contribution is -2.29. The van der Waals surface area contributed by atoms with Gasteiger partial charge in [0.1, 0.15) is 5.49 Å². The molecule has 228 valence electrons. The van der Waals surface area contributed by atoms with E-state index in [-0.39, 0.29) is 28.7 Å². The van der Waals surface area contributed by atoms with Gasteiger partial charge in [-0.3, -0.25) is 9.20 Å². The highest BCUT2D eigenvalue weighted by Crippen LogP contribution is 2.46. The number of allylic oxidation sites excluding steroid dienone is 1. The first-order valence-corrected chi connectivity index (χ1v) is 17.3. The van der Waals surface area contributed by atoms with Crippen molar-refractivity contribution >= 4 is 16.5 Å². The van der Waals surface area contributed by atoms with Gasteiger partial charge in [-0.05, 0) is 93.6 Å². The van der Waals surface area contributed by atoms with Crippen LogP contribution in [0.25, 0.3) is 0 Å². The van der Waals surface area contributed by atoms with E-state index in [4.69, 9.17) is 4.99 Å². The van der Waals surface area contributed by atoms with Crippen molar-refractivity contribution in [3.05, 3.63) is 52.1 Å². The van der Waals surface area contributed by atoms with Gasteiger partial charge < -0.3 is 10.2 Å². The van der Waals surface area contributed by atoms with Gasteiger partial charge in [-0.15, -0.1) is 0 Å². The van der Waals surface area contributed by atoms with Crippen LogP contribution in [-0.2, 0) is 10.8 Å². The van der Waals surface area contributed by atoms with Crippen molar-refractivity contribution in [2.45, 2.75) is 112 Å². The molecular formula is C34H53FN4OS. The molecule has 2 aliphatic carbocycles. The fourth-order valence-corrected chi connectivity index (χ4v) is 8.18. The first-order chi connectivity index (χ1) is 19.2. The van der Waals surface area contributed by atoms with Gasteiger partial charge in [-0.25, -0.2) is 9.37 Å². The van der Waals surface area contributed by atoms with Gasteiger partial charge in [-0.2, -0.15) is 0 Å². The number of hydrogen-bond acceptors (Lipinski definition) is 5. The number of anilines is 1. The van der Waals surface area contributed by atoms with Gasteiger partial charge in [0.2, 0.25) is 0 Å². The summed E-state index contributed by atoms with van der Waals surface area (Å²) in [5.41, 5.74) is 6.61. The Hall–Kier alpha value is -2.02. The summed E-state index contributed by atoms with van der Waals surface area (Å²) in [5, 5.41) is 3.62. The van der Waals surface area contributed by atoms with E-state index in [1.807, 2.05) is 13.0 Å². The van der Waals surface area contributed by atoms with E-state index in [0.717, 1.165) is 63.6 Å². The van der Waals surface area contributed by atoms with Crippen LogP contribution in [0.1, 0.15) is 98.5 Å². The highest BCUT2D eigenvalue weighted by atomic mass is 32.2. The Labute approximate surface area is 250 Å². The summed E-state index contributed by atoms with van der Waals surface area (Å²) >= 11 is 0. The lowest BCUT2D eigenvalue weighted by atomic mass is 9.73. The Morgan fingerprint density at radius 2 is 1.90 bits per heavy atom. The zero-order chi connectivity index (χ0) is 29.9. The Balaban J connectivity index is 1.48. The predicted molar refractivity (Wildman–Crippen MR) is 171 cm³/mol. The molecule has 1 N–H and O–H groups in total. The van der Waals surface area contributed by atoms with Crippen LogP contribution in [0.4, 0.5) is 10.1 Å². The molecule has 0 amide bonds. The van der Waals surface area contributed by atoms with Crippen LogP contribution in [0.3, 0.4) is 0 Å². The maximum atomic E-state index is 15.4. The number of halogens is 1. The molecule has 1 aromatic rings. The molecule has 41 heavy (non-hydrogen) atoms. The van der Waals surface area contributed by atoms with E-state index >= 15 is 4.39 Å². The first-order valence-electron chi connectivity index (χ1n) is 15.6. The molecule has 1 aromatic heterocycles. The van der Waals surface area contributed by atoms with Crippen molar-refractivity contribution in [3.63, 3.8) is 0 Å². The molecule has 1 aliphatic heterocycles. The highest BCUT2D eigenvalue weighted by molar-refractivity contribution is 7.84.